The third-order valence-electron chi connectivity index (χ3n) is 0.628. The summed E-state index contributed by atoms with van der Waals surface area (Å²) in [5.74, 6) is -0.562. The Kier molecular flexibility index (Phi) is 10.2. The predicted molar refractivity (Wildman–Crippen MR) is 37.0 cm³/mol. The van der Waals surface area contributed by atoms with Crippen LogP contribution in [0.25, 0.3) is 0 Å². The number of carbonyl (C=O) groups is 2. The molecule has 0 saturated heterocycles. The largest absolute Gasteiger partial charge is 0.483 e. The molecular formula is C6H12O5. The summed E-state index contributed by atoms with van der Waals surface area (Å²) in [4.78, 5) is 18.6. The minimum absolute atomic E-state index is 0.250. The number of carboxylic acid groups (broad SMARTS) is 1. The highest BCUT2D eigenvalue weighted by Gasteiger charge is 2.07. The van der Waals surface area contributed by atoms with Crippen LogP contribution in [-0.2, 0) is 14.3 Å². The molecule has 0 aromatic heterocycles. The van der Waals surface area contributed by atoms with E-state index in [0.717, 1.165) is 0 Å². The fourth-order valence-corrected chi connectivity index (χ4v) is 0.263. The molecule has 1 unspecified atom stereocenters. The van der Waals surface area contributed by atoms with Crippen LogP contribution in [0.3, 0.4) is 0 Å². The minimum atomic E-state index is -0.991. The molecule has 0 rings (SSSR count). The molecule has 0 aliphatic heterocycles. The molecule has 0 fully saturated rings. The molecule has 0 aliphatic rings. The van der Waals surface area contributed by atoms with Gasteiger partial charge in [0.1, 0.15) is 6.10 Å². The summed E-state index contributed by atoms with van der Waals surface area (Å²) in [6.07, 6.45) is -0.991. The van der Waals surface area contributed by atoms with Crippen LogP contribution < -0.4 is 0 Å². The second-order valence-electron chi connectivity index (χ2n) is 1.53. The fourth-order valence-electron chi connectivity index (χ4n) is 0.263. The quantitative estimate of drug-likeness (QED) is 0.429. The summed E-state index contributed by atoms with van der Waals surface area (Å²) >= 11 is 0. The monoisotopic (exact) mass is 164 g/mol. The molecule has 0 aliphatic carbocycles. The van der Waals surface area contributed by atoms with E-state index in [1.807, 2.05) is 0 Å². The topological polar surface area (TPSA) is 83.8 Å². The van der Waals surface area contributed by atoms with Crippen molar-refractivity contribution in [2.75, 3.05) is 6.61 Å². The Morgan fingerprint density at radius 2 is 2.09 bits per heavy atom. The van der Waals surface area contributed by atoms with Crippen LogP contribution in [0.5, 0.6) is 0 Å². The standard InChI is InChI=1S/C5H10O3.CH2O2/c1-3-8-5(7)4(2)6;2-1-3/h4,6H,3H2,1-2H3;1H,(H,2,3). The molecule has 0 radical (unpaired) electrons. The van der Waals surface area contributed by atoms with Crippen molar-refractivity contribution in [1.82, 2.24) is 0 Å². The van der Waals surface area contributed by atoms with Gasteiger partial charge in [0, 0.05) is 0 Å². The van der Waals surface area contributed by atoms with Crippen LogP contribution in [0.15, 0.2) is 0 Å². The van der Waals surface area contributed by atoms with E-state index in [9.17, 15) is 4.79 Å². The predicted octanol–water partition coefficient (Wildman–Crippen LogP) is -0.369. The Morgan fingerprint density at radius 3 is 2.18 bits per heavy atom. The van der Waals surface area contributed by atoms with Crippen LogP contribution in [0, 0.1) is 0 Å². The Bertz CT molecular complexity index is 110. The van der Waals surface area contributed by atoms with Crippen molar-refractivity contribution in [3.05, 3.63) is 0 Å². The van der Waals surface area contributed by atoms with Gasteiger partial charge in [0.05, 0.1) is 6.61 Å². The van der Waals surface area contributed by atoms with Crippen molar-refractivity contribution < 1.29 is 24.5 Å². The fraction of sp³-hybridized carbons (Fsp3) is 0.667. The maximum absolute atomic E-state index is 10.3. The van der Waals surface area contributed by atoms with E-state index in [-0.39, 0.29) is 6.47 Å². The molecule has 1 atom stereocenters. The Labute approximate surface area is 64.6 Å². The lowest BCUT2D eigenvalue weighted by atomic mass is 10.4. The number of esters is 1. The molecular weight excluding hydrogens is 152 g/mol. The molecule has 0 spiro atoms. The Hall–Kier alpha value is -1.10. The molecule has 66 valence electrons. The zero-order valence-electron chi connectivity index (χ0n) is 6.48. The van der Waals surface area contributed by atoms with E-state index in [1.54, 1.807) is 6.92 Å². The summed E-state index contributed by atoms with van der Waals surface area (Å²) in [7, 11) is 0. The van der Waals surface area contributed by atoms with Crippen LogP contribution in [0.2, 0.25) is 0 Å². The number of aliphatic hydroxyl groups excluding tert-OH is 1. The first-order valence-electron chi connectivity index (χ1n) is 3.02. The molecule has 11 heavy (non-hydrogen) atoms. The lowest BCUT2D eigenvalue weighted by molar-refractivity contribution is -0.151. The van der Waals surface area contributed by atoms with Crippen molar-refractivity contribution in [2.45, 2.75) is 20.0 Å². The molecule has 5 nitrogen and oxygen atoms in total. The summed E-state index contributed by atoms with van der Waals surface area (Å²) in [6, 6.07) is 0. The highest BCUT2D eigenvalue weighted by molar-refractivity contribution is 5.73. The van der Waals surface area contributed by atoms with Gasteiger partial charge in [-0.15, -0.1) is 0 Å². The number of aliphatic hydroxyl groups is 1. The van der Waals surface area contributed by atoms with Gasteiger partial charge in [-0.25, -0.2) is 4.79 Å². The average Bonchev–Trinajstić information content (AvgIpc) is 1.90. The first-order chi connectivity index (χ1) is 5.09. The first kappa shape index (κ1) is 12.6. The number of hydrogen-bond acceptors (Lipinski definition) is 4. The van der Waals surface area contributed by atoms with Crippen LogP contribution in [-0.4, -0.2) is 35.4 Å². The molecule has 2 N–H and O–H groups in total. The average molecular weight is 164 g/mol. The molecule has 0 aromatic rings. The number of ether oxygens (including phenoxy) is 1. The van der Waals surface area contributed by atoms with Crippen LogP contribution >= 0.6 is 0 Å². The minimum Gasteiger partial charge on any atom is -0.483 e. The highest BCUT2D eigenvalue weighted by Crippen LogP contribution is 1.84. The number of rotatable bonds is 2. The molecule has 5 heteroatoms. The van der Waals surface area contributed by atoms with Crippen molar-refractivity contribution >= 4 is 12.4 Å². The van der Waals surface area contributed by atoms with Crippen molar-refractivity contribution in [1.29, 1.82) is 0 Å². The zero-order valence-corrected chi connectivity index (χ0v) is 6.48. The summed E-state index contributed by atoms with van der Waals surface area (Å²) in [6.45, 7) is 3.14. The molecule has 0 aromatic carbocycles. The summed E-state index contributed by atoms with van der Waals surface area (Å²) in [5, 5.41) is 15.4. The summed E-state index contributed by atoms with van der Waals surface area (Å²) < 4.78 is 4.41. The van der Waals surface area contributed by atoms with Gasteiger partial charge in [-0.2, -0.15) is 0 Å². The van der Waals surface area contributed by atoms with Crippen LogP contribution in [0.1, 0.15) is 13.8 Å². The van der Waals surface area contributed by atoms with E-state index in [2.05, 4.69) is 4.74 Å². The van der Waals surface area contributed by atoms with Crippen molar-refractivity contribution in [2.24, 2.45) is 0 Å². The van der Waals surface area contributed by atoms with Gasteiger partial charge in [0.2, 0.25) is 0 Å². The van der Waals surface area contributed by atoms with Gasteiger partial charge in [-0.1, -0.05) is 0 Å². The van der Waals surface area contributed by atoms with Gasteiger partial charge < -0.3 is 14.9 Å². The van der Waals surface area contributed by atoms with Gasteiger partial charge in [0.25, 0.3) is 6.47 Å². The maximum Gasteiger partial charge on any atom is 0.334 e. The number of hydrogen-bond donors (Lipinski definition) is 2. The normalized spacial score (nSPS) is 10.5. The molecule has 0 saturated carbocycles. The van der Waals surface area contributed by atoms with E-state index in [1.165, 1.54) is 6.92 Å². The molecule has 0 heterocycles. The SMILES string of the molecule is CCOC(=O)C(C)O.O=CO. The smallest absolute Gasteiger partial charge is 0.334 e. The molecule has 0 amide bonds. The van der Waals surface area contributed by atoms with Gasteiger partial charge in [-0.05, 0) is 13.8 Å². The second-order valence-corrected chi connectivity index (χ2v) is 1.53. The van der Waals surface area contributed by atoms with E-state index < -0.39 is 12.1 Å². The highest BCUT2D eigenvalue weighted by atomic mass is 16.5. The zero-order chi connectivity index (χ0) is 9.28. The van der Waals surface area contributed by atoms with Crippen molar-refractivity contribution in [3.63, 3.8) is 0 Å². The lowest BCUT2D eigenvalue weighted by Gasteiger charge is -2.01. The number of carbonyl (C=O) groups excluding carboxylic acids is 1. The van der Waals surface area contributed by atoms with Gasteiger partial charge >= 0.3 is 5.97 Å². The Morgan fingerprint density at radius 1 is 1.73 bits per heavy atom. The summed E-state index contributed by atoms with van der Waals surface area (Å²) in [5.41, 5.74) is 0. The van der Waals surface area contributed by atoms with E-state index in [4.69, 9.17) is 15.0 Å². The van der Waals surface area contributed by atoms with E-state index in [0.29, 0.717) is 6.61 Å². The first-order valence-corrected chi connectivity index (χ1v) is 3.02. The van der Waals surface area contributed by atoms with Crippen LogP contribution in [0.4, 0.5) is 0 Å². The third-order valence-corrected chi connectivity index (χ3v) is 0.628. The van der Waals surface area contributed by atoms with Gasteiger partial charge in [0.15, 0.2) is 0 Å². The third kappa shape index (κ3) is 12.2. The lowest BCUT2D eigenvalue weighted by Crippen LogP contribution is -2.18. The molecule has 0 bridgehead atoms. The van der Waals surface area contributed by atoms with E-state index >= 15 is 0 Å². The maximum atomic E-state index is 10.3. The van der Waals surface area contributed by atoms with Crippen molar-refractivity contribution in [3.8, 4) is 0 Å². The van der Waals surface area contributed by atoms with Gasteiger partial charge in [-0.3, -0.25) is 4.79 Å². The Balaban J connectivity index is 0. The second kappa shape index (κ2) is 8.90.